The first kappa shape index (κ1) is 13.1. The van der Waals surface area contributed by atoms with Crippen LogP contribution in [0.2, 0.25) is 0 Å². The second kappa shape index (κ2) is 5.00. The van der Waals surface area contributed by atoms with E-state index in [-0.39, 0.29) is 11.7 Å². The Morgan fingerprint density at radius 1 is 1.38 bits per heavy atom. The number of para-hydroxylation sites is 2. The molecule has 0 aliphatic carbocycles. The number of hydrogen-bond acceptors (Lipinski definition) is 4. The summed E-state index contributed by atoms with van der Waals surface area (Å²) in [6.07, 6.45) is 2.32. The molecule has 2 aliphatic rings. The lowest BCUT2D eigenvalue weighted by Crippen LogP contribution is -2.59. The Hall–Kier alpha value is -1.59. The number of anilines is 1. The molecule has 1 N–H and O–H groups in total. The van der Waals surface area contributed by atoms with Gasteiger partial charge in [0, 0.05) is 13.2 Å². The van der Waals surface area contributed by atoms with Crippen molar-refractivity contribution in [1.29, 1.82) is 0 Å². The number of fused-ring (bicyclic) bond motifs is 1. The first-order valence-corrected chi connectivity index (χ1v) is 7.69. The molecular formula is C16H21N3O2. The van der Waals surface area contributed by atoms with Crippen LogP contribution in [0.5, 0.6) is 0 Å². The molecule has 1 aromatic heterocycles. The number of nitrogens with one attached hydrogen (secondary N) is 1. The van der Waals surface area contributed by atoms with Gasteiger partial charge in [0.15, 0.2) is 0 Å². The van der Waals surface area contributed by atoms with E-state index in [1.54, 1.807) is 0 Å². The van der Waals surface area contributed by atoms with E-state index in [9.17, 15) is 0 Å². The Kier molecular flexibility index (Phi) is 3.12. The van der Waals surface area contributed by atoms with Gasteiger partial charge in [0.2, 0.25) is 5.95 Å². The summed E-state index contributed by atoms with van der Waals surface area (Å²) in [5, 5.41) is 0. The number of rotatable bonds is 1. The van der Waals surface area contributed by atoms with Crippen molar-refractivity contribution in [2.75, 3.05) is 31.2 Å². The third-order valence-corrected chi connectivity index (χ3v) is 4.37. The van der Waals surface area contributed by atoms with Gasteiger partial charge in [0.1, 0.15) is 5.60 Å². The summed E-state index contributed by atoms with van der Waals surface area (Å²) < 4.78 is 11.9. The summed E-state index contributed by atoms with van der Waals surface area (Å²) in [6, 6.07) is 8.15. The van der Waals surface area contributed by atoms with E-state index in [4.69, 9.17) is 14.5 Å². The number of benzene rings is 1. The topological polar surface area (TPSA) is 50.4 Å². The monoisotopic (exact) mass is 287 g/mol. The van der Waals surface area contributed by atoms with Crippen LogP contribution >= 0.6 is 0 Å². The molecule has 0 bridgehead atoms. The third kappa shape index (κ3) is 2.40. The molecule has 0 amide bonds. The lowest BCUT2D eigenvalue weighted by atomic mass is 9.93. The van der Waals surface area contributed by atoms with Gasteiger partial charge in [-0.25, -0.2) is 4.98 Å². The normalized spacial score (nSPS) is 30.1. The predicted molar refractivity (Wildman–Crippen MR) is 81.6 cm³/mol. The second-order valence-electron chi connectivity index (χ2n) is 6.23. The maximum atomic E-state index is 6.23. The Balaban J connectivity index is 1.64. The van der Waals surface area contributed by atoms with Crippen molar-refractivity contribution in [3.05, 3.63) is 24.3 Å². The number of morpholine rings is 1. The molecule has 0 unspecified atom stereocenters. The van der Waals surface area contributed by atoms with Gasteiger partial charge in [-0.05, 0) is 31.9 Å². The molecule has 2 atom stereocenters. The summed E-state index contributed by atoms with van der Waals surface area (Å²) in [5.74, 6) is 0.941. The standard InChI is InChI=1S/C16H21N3O2/c1-12-9-19(10-16(21-12)7-4-8-20-11-16)15-17-13-5-2-3-6-14(13)18-15/h2-3,5-6,12H,4,7-11H2,1H3,(H,17,18)/t12-,16-/m1/s1. The molecular weight excluding hydrogens is 266 g/mol. The summed E-state index contributed by atoms with van der Waals surface area (Å²) in [6.45, 7) is 5.38. The number of ether oxygens (including phenoxy) is 2. The molecule has 5 nitrogen and oxygen atoms in total. The van der Waals surface area contributed by atoms with Crippen LogP contribution in [-0.2, 0) is 9.47 Å². The highest BCUT2D eigenvalue weighted by atomic mass is 16.6. The van der Waals surface area contributed by atoms with Crippen molar-refractivity contribution in [3.8, 4) is 0 Å². The van der Waals surface area contributed by atoms with Crippen LogP contribution < -0.4 is 4.90 Å². The minimum Gasteiger partial charge on any atom is -0.378 e. The van der Waals surface area contributed by atoms with Gasteiger partial charge < -0.3 is 19.4 Å². The maximum absolute atomic E-state index is 6.23. The molecule has 2 saturated heterocycles. The van der Waals surface area contributed by atoms with Crippen LogP contribution in [0.3, 0.4) is 0 Å². The van der Waals surface area contributed by atoms with Crippen molar-refractivity contribution in [2.24, 2.45) is 0 Å². The van der Waals surface area contributed by atoms with Crippen LogP contribution in [0, 0.1) is 0 Å². The summed E-state index contributed by atoms with van der Waals surface area (Å²) in [7, 11) is 0. The Bertz CT molecular complexity index is 600. The number of hydrogen-bond donors (Lipinski definition) is 1. The molecule has 2 fully saturated rings. The highest BCUT2D eigenvalue weighted by Crippen LogP contribution is 2.32. The Labute approximate surface area is 124 Å². The van der Waals surface area contributed by atoms with Gasteiger partial charge >= 0.3 is 0 Å². The summed E-state index contributed by atoms with van der Waals surface area (Å²) in [4.78, 5) is 10.5. The number of aromatic nitrogens is 2. The van der Waals surface area contributed by atoms with Gasteiger partial charge in [-0.1, -0.05) is 12.1 Å². The van der Waals surface area contributed by atoms with Gasteiger partial charge in [0.05, 0.1) is 30.3 Å². The van der Waals surface area contributed by atoms with Crippen molar-refractivity contribution in [2.45, 2.75) is 31.5 Å². The lowest BCUT2D eigenvalue weighted by Gasteiger charge is -2.47. The van der Waals surface area contributed by atoms with E-state index in [2.05, 4.69) is 22.9 Å². The molecule has 1 aromatic carbocycles. The zero-order chi connectivity index (χ0) is 14.3. The minimum atomic E-state index is -0.172. The SMILES string of the molecule is C[C@@H]1CN(c2nc3ccccc3[nH]2)C[C@@]2(CCCOC2)O1. The van der Waals surface area contributed by atoms with E-state index in [0.29, 0.717) is 6.61 Å². The third-order valence-electron chi connectivity index (χ3n) is 4.37. The molecule has 5 heteroatoms. The Morgan fingerprint density at radius 2 is 2.29 bits per heavy atom. The highest BCUT2D eigenvalue weighted by molar-refractivity contribution is 5.77. The fourth-order valence-corrected chi connectivity index (χ4v) is 3.52. The molecule has 4 rings (SSSR count). The molecule has 0 radical (unpaired) electrons. The van der Waals surface area contributed by atoms with Crippen molar-refractivity contribution < 1.29 is 9.47 Å². The zero-order valence-corrected chi connectivity index (χ0v) is 12.3. The molecule has 112 valence electrons. The molecule has 0 saturated carbocycles. The number of imidazole rings is 1. The molecule has 2 aliphatic heterocycles. The largest absolute Gasteiger partial charge is 0.378 e. The van der Waals surface area contributed by atoms with Crippen LogP contribution in [0.4, 0.5) is 5.95 Å². The predicted octanol–water partition coefficient (Wildman–Crippen LogP) is 2.34. The van der Waals surface area contributed by atoms with E-state index in [1.807, 2.05) is 18.2 Å². The van der Waals surface area contributed by atoms with Crippen LogP contribution in [0.25, 0.3) is 11.0 Å². The van der Waals surface area contributed by atoms with Crippen molar-refractivity contribution >= 4 is 17.0 Å². The molecule has 21 heavy (non-hydrogen) atoms. The van der Waals surface area contributed by atoms with Crippen LogP contribution in [0.1, 0.15) is 19.8 Å². The van der Waals surface area contributed by atoms with Gasteiger partial charge in [0.25, 0.3) is 0 Å². The smallest absolute Gasteiger partial charge is 0.204 e. The van der Waals surface area contributed by atoms with E-state index in [0.717, 1.165) is 49.5 Å². The summed E-state index contributed by atoms with van der Waals surface area (Å²) >= 11 is 0. The average Bonchev–Trinajstić information content (AvgIpc) is 2.91. The van der Waals surface area contributed by atoms with Crippen LogP contribution in [0.15, 0.2) is 24.3 Å². The van der Waals surface area contributed by atoms with Crippen molar-refractivity contribution in [3.63, 3.8) is 0 Å². The maximum Gasteiger partial charge on any atom is 0.204 e. The average molecular weight is 287 g/mol. The fourth-order valence-electron chi connectivity index (χ4n) is 3.52. The van der Waals surface area contributed by atoms with E-state index >= 15 is 0 Å². The quantitative estimate of drug-likeness (QED) is 0.874. The van der Waals surface area contributed by atoms with Crippen molar-refractivity contribution in [1.82, 2.24) is 9.97 Å². The van der Waals surface area contributed by atoms with Gasteiger partial charge in [-0.15, -0.1) is 0 Å². The number of nitrogens with zero attached hydrogens (tertiary/aromatic N) is 2. The van der Waals surface area contributed by atoms with E-state index < -0.39 is 0 Å². The first-order valence-electron chi connectivity index (χ1n) is 7.69. The van der Waals surface area contributed by atoms with E-state index in [1.165, 1.54) is 0 Å². The highest BCUT2D eigenvalue weighted by Gasteiger charge is 2.41. The molecule has 3 heterocycles. The summed E-state index contributed by atoms with van der Waals surface area (Å²) in [5.41, 5.74) is 1.93. The molecule has 1 spiro atoms. The zero-order valence-electron chi connectivity index (χ0n) is 12.3. The molecule has 2 aromatic rings. The lowest BCUT2D eigenvalue weighted by molar-refractivity contribution is -0.160. The number of aromatic amines is 1. The fraction of sp³-hybridized carbons (Fsp3) is 0.562. The second-order valence-corrected chi connectivity index (χ2v) is 6.23. The van der Waals surface area contributed by atoms with Gasteiger partial charge in [-0.2, -0.15) is 0 Å². The van der Waals surface area contributed by atoms with Crippen LogP contribution in [-0.4, -0.2) is 48.0 Å². The number of H-pyrrole nitrogens is 1. The minimum absolute atomic E-state index is 0.172. The Morgan fingerprint density at radius 3 is 3.10 bits per heavy atom. The first-order chi connectivity index (χ1) is 10.2. The van der Waals surface area contributed by atoms with Gasteiger partial charge in [-0.3, -0.25) is 0 Å².